The predicted octanol–water partition coefficient (Wildman–Crippen LogP) is 2.19. The largest absolute Gasteiger partial charge is 0.489 e. The fourth-order valence-electron chi connectivity index (χ4n) is 1.47. The first-order chi connectivity index (χ1) is 5.77. The van der Waals surface area contributed by atoms with Crippen molar-refractivity contribution in [3.05, 3.63) is 23.8 Å². The van der Waals surface area contributed by atoms with Gasteiger partial charge < -0.3 is 10.1 Å². The first kappa shape index (κ1) is 7.47. The van der Waals surface area contributed by atoms with Gasteiger partial charge in [0.1, 0.15) is 12.4 Å². The highest BCUT2D eigenvalue weighted by atomic mass is 16.5. The van der Waals surface area contributed by atoms with E-state index in [2.05, 4.69) is 31.3 Å². The second-order valence-electron chi connectivity index (χ2n) is 3.31. The molecule has 0 spiro atoms. The SMILES string of the molecule is Cc1cccc2c1OCC(C)N2. The second kappa shape index (κ2) is 2.70. The molecule has 64 valence electrons. The van der Waals surface area contributed by atoms with Crippen LogP contribution in [0.4, 0.5) is 5.69 Å². The van der Waals surface area contributed by atoms with Crippen LogP contribution in [0.2, 0.25) is 0 Å². The molecule has 2 nitrogen and oxygen atoms in total. The molecular formula is C10H13NO. The van der Waals surface area contributed by atoms with Gasteiger partial charge in [-0.15, -0.1) is 0 Å². The lowest BCUT2D eigenvalue weighted by molar-refractivity contribution is 0.290. The summed E-state index contributed by atoms with van der Waals surface area (Å²) >= 11 is 0. The van der Waals surface area contributed by atoms with Gasteiger partial charge in [0.2, 0.25) is 0 Å². The van der Waals surface area contributed by atoms with Gasteiger partial charge in [0.05, 0.1) is 11.7 Å². The zero-order valence-corrected chi connectivity index (χ0v) is 7.42. The molecule has 0 aromatic heterocycles. The minimum atomic E-state index is 0.416. The van der Waals surface area contributed by atoms with Crippen LogP contribution in [0.5, 0.6) is 5.75 Å². The Morgan fingerprint density at radius 3 is 3.17 bits per heavy atom. The summed E-state index contributed by atoms with van der Waals surface area (Å²) in [6.07, 6.45) is 0. The Hall–Kier alpha value is -1.18. The van der Waals surface area contributed by atoms with Gasteiger partial charge in [-0.2, -0.15) is 0 Å². The van der Waals surface area contributed by atoms with E-state index in [-0.39, 0.29) is 0 Å². The van der Waals surface area contributed by atoms with E-state index in [4.69, 9.17) is 4.74 Å². The van der Waals surface area contributed by atoms with Crippen LogP contribution in [0.3, 0.4) is 0 Å². The minimum Gasteiger partial charge on any atom is -0.489 e. The maximum atomic E-state index is 5.60. The smallest absolute Gasteiger partial charge is 0.145 e. The molecular weight excluding hydrogens is 150 g/mol. The highest BCUT2D eigenvalue weighted by molar-refractivity contribution is 5.61. The molecule has 1 aromatic rings. The average Bonchev–Trinajstić information content (AvgIpc) is 2.04. The first-order valence-electron chi connectivity index (χ1n) is 4.26. The van der Waals surface area contributed by atoms with E-state index in [1.165, 1.54) is 5.56 Å². The van der Waals surface area contributed by atoms with E-state index >= 15 is 0 Å². The molecule has 1 unspecified atom stereocenters. The molecule has 1 aromatic carbocycles. The van der Waals surface area contributed by atoms with Crippen LogP contribution in [0.1, 0.15) is 12.5 Å². The summed E-state index contributed by atoms with van der Waals surface area (Å²) in [4.78, 5) is 0. The Kier molecular flexibility index (Phi) is 1.68. The van der Waals surface area contributed by atoms with Crippen molar-refractivity contribution in [2.24, 2.45) is 0 Å². The fraction of sp³-hybridized carbons (Fsp3) is 0.400. The third kappa shape index (κ3) is 1.13. The normalized spacial score (nSPS) is 20.7. The molecule has 2 heteroatoms. The van der Waals surface area contributed by atoms with Crippen molar-refractivity contribution >= 4 is 5.69 Å². The maximum absolute atomic E-state index is 5.60. The maximum Gasteiger partial charge on any atom is 0.145 e. The first-order valence-corrected chi connectivity index (χ1v) is 4.26. The molecule has 0 fully saturated rings. The molecule has 1 aliphatic rings. The summed E-state index contributed by atoms with van der Waals surface area (Å²) in [5, 5.41) is 3.38. The number of aryl methyl sites for hydroxylation is 1. The quantitative estimate of drug-likeness (QED) is 0.633. The zero-order valence-electron chi connectivity index (χ0n) is 7.42. The van der Waals surface area contributed by atoms with Crippen LogP contribution >= 0.6 is 0 Å². The number of para-hydroxylation sites is 1. The molecule has 1 atom stereocenters. The van der Waals surface area contributed by atoms with Crippen LogP contribution in [0.15, 0.2) is 18.2 Å². The molecule has 0 saturated heterocycles. The Morgan fingerprint density at radius 1 is 1.50 bits per heavy atom. The van der Waals surface area contributed by atoms with Gasteiger partial charge in [-0.05, 0) is 25.5 Å². The van der Waals surface area contributed by atoms with Crippen molar-refractivity contribution < 1.29 is 4.74 Å². The van der Waals surface area contributed by atoms with Gasteiger partial charge in [-0.1, -0.05) is 12.1 Å². The number of rotatable bonds is 0. The number of hydrogen-bond acceptors (Lipinski definition) is 2. The summed E-state index contributed by atoms with van der Waals surface area (Å²) in [6.45, 7) is 4.94. The van der Waals surface area contributed by atoms with Gasteiger partial charge in [0, 0.05) is 0 Å². The molecule has 1 heterocycles. The molecule has 0 saturated carbocycles. The van der Waals surface area contributed by atoms with Crippen LogP contribution in [-0.2, 0) is 0 Å². The number of benzene rings is 1. The summed E-state index contributed by atoms with van der Waals surface area (Å²) in [5.74, 6) is 1.01. The number of hydrogen-bond donors (Lipinski definition) is 1. The van der Waals surface area contributed by atoms with Crippen molar-refractivity contribution in [1.82, 2.24) is 0 Å². The Balaban J connectivity index is 2.42. The van der Waals surface area contributed by atoms with E-state index in [9.17, 15) is 0 Å². The highest BCUT2D eigenvalue weighted by Crippen LogP contribution is 2.31. The van der Waals surface area contributed by atoms with Crippen molar-refractivity contribution in [3.63, 3.8) is 0 Å². The molecule has 0 aliphatic carbocycles. The van der Waals surface area contributed by atoms with Crippen molar-refractivity contribution in [3.8, 4) is 5.75 Å². The predicted molar refractivity (Wildman–Crippen MR) is 49.8 cm³/mol. The van der Waals surface area contributed by atoms with E-state index in [1.807, 2.05) is 6.07 Å². The molecule has 12 heavy (non-hydrogen) atoms. The van der Waals surface area contributed by atoms with Gasteiger partial charge in [-0.25, -0.2) is 0 Å². The topological polar surface area (TPSA) is 21.3 Å². The monoisotopic (exact) mass is 163 g/mol. The third-order valence-corrected chi connectivity index (χ3v) is 2.09. The molecule has 0 amide bonds. The zero-order chi connectivity index (χ0) is 8.55. The third-order valence-electron chi connectivity index (χ3n) is 2.09. The highest BCUT2D eigenvalue weighted by Gasteiger charge is 2.15. The lowest BCUT2D eigenvalue weighted by Crippen LogP contribution is -2.28. The molecule has 0 radical (unpaired) electrons. The molecule has 0 bridgehead atoms. The standard InChI is InChI=1S/C10H13NO/c1-7-4-3-5-9-10(7)12-6-8(2)11-9/h3-5,8,11H,6H2,1-2H3. The summed E-state index contributed by atoms with van der Waals surface area (Å²) in [7, 11) is 0. The van der Waals surface area contributed by atoms with Gasteiger partial charge >= 0.3 is 0 Å². The number of ether oxygens (including phenoxy) is 1. The van der Waals surface area contributed by atoms with Crippen molar-refractivity contribution in [2.75, 3.05) is 11.9 Å². The van der Waals surface area contributed by atoms with Crippen molar-refractivity contribution in [1.29, 1.82) is 0 Å². The lowest BCUT2D eigenvalue weighted by atomic mass is 10.1. The van der Waals surface area contributed by atoms with E-state index < -0.39 is 0 Å². The number of fused-ring (bicyclic) bond motifs is 1. The Bertz CT molecular complexity index is 296. The van der Waals surface area contributed by atoms with E-state index in [0.717, 1.165) is 18.0 Å². The number of nitrogens with one attached hydrogen (secondary N) is 1. The van der Waals surface area contributed by atoms with Crippen LogP contribution in [0, 0.1) is 6.92 Å². The number of anilines is 1. The van der Waals surface area contributed by atoms with Crippen molar-refractivity contribution in [2.45, 2.75) is 19.9 Å². The molecule has 1 N–H and O–H groups in total. The fourth-order valence-corrected chi connectivity index (χ4v) is 1.47. The lowest BCUT2D eigenvalue weighted by Gasteiger charge is -2.25. The van der Waals surface area contributed by atoms with E-state index in [1.54, 1.807) is 0 Å². The van der Waals surface area contributed by atoms with Crippen LogP contribution < -0.4 is 10.1 Å². The average molecular weight is 163 g/mol. The summed E-state index contributed by atoms with van der Waals surface area (Å²) in [5.41, 5.74) is 2.32. The summed E-state index contributed by atoms with van der Waals surface area (Å²) in [6, 6.07) is 6.58. The molecule has 1 aliphatic heterocycles. The van der Waals surface area contributed by atoms with E-state index in [0.29, 0.717) is 6.04 Å². The van der Waals surface area contributed by atoms with Crippen LogP contribution in [-0.4, -0.2) is 12.6 Å². The Morgan fingerprint density at radius 2 is 2.33 bits per heavy atom. The van der Waals surface area contributed by atoms with Gasteiger partial charge in [0.15, 0.2) is 0 Å². The Labute approximate surface area is 72.5 Å². The van der Waals surface area contributed by atoms with Crippen LogP contribution in [0.25, 0.3) is 0 Å². The second-order valence-corrected chi connectivity index (χ2v) is 3.31. The van der Waals surface area contributed by atoms with Gasteiger partial charge in [0.25, 0.3) is 0 Å². The van der Waals surface area contributed by atoms with Gasteiger partial charge in [-0.3, -0.25) is 0 Å². The summed E-state index contributed by atoms with van der Waals surface area (Å²) < 4.78 is 5.60. The minimum absolute atomic E-state index is 0.416. The molecule has 2 rings (SSSR count).